The molecule has 0 aliphatic carbocycles. The monoisotopic (exact) mass is 236 g/mol. The van der Waals surface area contributed by atoms with Crippen LogP contribution in [0, 0.1) is 6.92 Å². The van der Waals surface area contributed by atoms with Crippen molar-refractivity contribution in [3.63, 3.8) is 0 Å². The Morgan fingerprint density at radius 3 is 2.65 bits per heavy atom. The van der Waals surface area contributed by atoms with Gasteiger partial charge in [0.2, 0.25) is 5.91 Å². The van der Waals surface area contributed by atoms with Gasteiger partial charge in [-0.15, -0.1) is 0 Å². The molecule has 0 unspecified atom stereocenters. The lowest BCUT2D eigenvalue weighted by Gasteiger charge is -2.10. The van der Waals surface area contributed by atoms with Gasteiger partial charge in [-0.1, -0.05) is 6.07 Å². The molecule has 0 spiro atoms. The normalized spacial score (nSPS) is 9.76. The van der Waals surface area contributed by atoms with E-state index in [9.17, 15) is 9.59 Å². The maximum Gasteiger partial charge on any atom is 0.337 e. The van der Waals surface area contributed by atoms with Gasteiger partial charge in [0, 0.05) is 25.7 Å². The minimum atomic E-state index is -0.979. The largest absolute Gasteiger partial charge is 0.478 e. The third-order valence-corrected chi connectivity index (χ3v) is 2.35. The SMILES string of the molecule is CNC(=O)CCNc1cc(C)ccc1C(=O)O. The Morgan fingerprint density at radius 2 is 2.06 bits per heavy atom. The molecule has 0 fully saturated rings. The third-order valence-electron chi connectivity index (χ3n) is 2.35. The number of hydrogen-bond acceptors (Lipinski definition) is 3. The van der Waals surface area contributed by atoms with Gasteiger partial charge in [0.05, 0.1) is 5.56 Å². The van der Waals surface area contributed by atoms with Crippen LogP contribution in [0.2, 0.25) is 0 Å². The lowest BCUT2D eigenvalue weighted by atomic mass is 10.1. The summed E-state index contributed by atoms with van der Waals surface area (Å²) in [4.78, 5) is 22.0. The first-order valence-corrected chi connectivity index (χ1v) is 5.33. The summed E-state index contributed by atoms with van der Waals surface area (Å²) in [5, 5.41) is 14.5. The average molecular weight is 236 g/mol. The maximum atomic E-state index is 11.0. The molecule has 5 nitrogen and oxygen atoms in total. The Labute approximate surface area is 99.8 Å². The number of carboxylic acid groups (broad SMARTS) is 1. The van der Waals surface area contributed by atoms with Crippen LogP contribution in [0.15, 0.2) is 18.2 Å². The summed E-state index contributed by atoms with van der Waals surface area (Å²) in [6.45, 7) is 2.29. The van der Waals surface area contributed by atoms with Crippen LogP contribution in [0.5, 0.6) is 0 Å². The number of hydrogen-bond donors (Lipinski definition) is 3. The molecule has 0 atom stereocenters. The van der Waals surface area contributed by atoms with Crippen LogP contribution in [0.4, 0.5) is 5.69 Å². The third kappa shape index (κ3) is 3.79. The number of carboxylic acids is 1. The molecular weight excluding hydrogens is 220 g/mol. The number of aromatic carboxylic acids is 1. The van der Waals surface area contributed by atoms with E-state index >= 15 is 0 Å². The number of carbonyl (C=O) groups excluding carboxylic acids is 1. The topological polar surface area (TPSA) is 78.4 Å². The second-order valence-electron chi connectivity index (χ2n) is 3.70. The summed E-state index contributed by atoms with van der Waals surface area (Å²) in [5.41, 5.74) is 1.73. The van der Waals surface area contributed by atoms with E-state index in [4.69, 9.17) is 5.11 Å². The van der Waals surface area contributed by atoms with Gasteiger partial charge in [0.15, 0.2) is 0 Å². The molecule has 1 amide bonds. The lowest BCUT2D eigenvalue weighted by molar-refractivity contribution is -0.120. The number of rotatable bonds is 5. The van der Waals surface area contributed by atoms with E-state index in [0.717, 1.165) is 5.56 Å². The highest BCUT2D eigenvalue weighted by atomic mass is 16.4. The number of aryl methyl sites for hydroxylation is 1. The van der Waals surface area contributed by atoms with Crippen LogP contribution in [-0.4, -0.2) is 30.6 Å². The van der Waals surface area contributed by atoms with E-state index in [-0.39, 0.29) is 11.5 Å². The average Bonchev–Trinajstić information content (AvgIpc) is 2.28. The van der Waals surface area contributed by atoms with Crippen molar-refractivity contribution in [1.29, 1.82) is 0 Å². The fourth-order valence-electron chi connectivity index (χ4n) is 1.43. The molecule has 0 saturated heterocycles. The Balaban J connectivity index is 2.72. The van der Waals surface area contributed by atoms with Crippen molar-refractivity contribution in [2.45, 2.75) is 13.3 Å². The van der Waals surface area contributed by atoms with Crippen molar-refractivity contribution >= 4 is 17.6 Å². The first-order valence-electron chi connectivity index (χ1n) is 5.33. The fraction of sp³-hybridized carbons (Fsp3) is 0.333. The molecule has 1 rings (SSSR count). The van der Waals surface area contributed by atoms with Gasteiger partial charge in [-0.25, -0.2) is 4.79 Å². The number of amides is 1. The van der Waals surface area contributed by atoms with Gasteiger partial charge < -0.3 is 15.7 Å². The van der Waals surface area contributed by atoms with E-state index in [2.05, 4.69) is 10.6 Å². The minimum absolute atomic E-state index is 0.0815. The van der Waals surface area contributed by atoms with E-state index in [1.165, 1.54) is 0 Å². The van der Waals surface area contributed by atoms with E-state index in [0.29, 0.717) is 18.7 Å². The van der Waals surface area contributed by atoms with Crippen molar-refractivity contribution in [2.24, 2.45) is 0 Å². The molecular formula is C12H16N2O3. The highest BCUT2D eigenvalue weighted by Crippen LogP contribution is 2.17. The zero-order valence-corrected chi connectivity index (χ0v) is 9.91. The van der Waals surface area contributed by atoms with Crippen molar-refractivity contribution in [1.82, 2.24) is 5.32 Å². The van der Waals surface area contributed by atoms with E-state index < -0.39 is 5.97 Å². The van der Waals surface area contributed by atoms with Crippen molar-refractivity contribution < 1.29 is 14.7 Å². The molecule has 1 aromatic carbocycles. The Hall–Kier alpha value is -2.04. The van der Waals surface area contributed by atoms with Gasteiger partial charge in [0.1, 0.15) is 0 Å². The standard InChI is InChI=1S/C12H16N2O3/c1-8-3-4-9(12(16)17)10(7-8)14-6-5-11(15)13-2/h3-4,7,14H,5-6H2,1-2H3,(H,13,15)(H,16,17). The van der Waals surface area contributed by atoms with Crippen molar-refractivity contribution in [2.75, 3.05) is 18.9 Å². The zero-order valence-electron chi connectivity index (χ0n) is 9.91. The van der Waals surface area contributed by atoms with Gasteiger partial charge in [0.25, 0.3) is 0 Å². The zero-order chi connectivity index (χ0) is 12.8. The Morgan fingerprint density at radius 1 is 1.35 bits per heavy atom. The molecule has 92 valence electrons. The second-order valence-corrected chi connectivity index (χ2v) is 3.70. The summed E-state index contributed by atoms with van der Waals surface area (Å²) in [7, 11) is 1.57. The maximum absolute atomic E-state index is 11.0. The Kier molecular flexibility index (Phi) is 4.51. The number of benzene rings is 1. The Bertz CT molecular complexity index is 430. The molecule has 0 aliphatic heterocycles. The smallest absolute Gasteiger partial charge is 0.337 e. The number of anilines is 1. The van der Waals surface area contributed by atoms with Crippen LogP contribution in [0.1, 0.15) is 22.3 Å². The van der Waals surface area contributed by atoms with E-state index in [1.807, 2.05) is 6.92 Å². The van der Waals surface area contributed by atoms with Gasteiger partial charge >= 0.3 is 5.97 Å². The predicted molar refractivity (Wildman–Crippen MR) is 65.3 cm³/mol. The summed E-state index contributed by atoms with van der Waals surface area (Å²) in [5.74, 6) is -1.06. The van der Waals surface area contributed by atoms with Crippen LogP contribution in [0.3, 0.4) is 0 Å². The van der Waals surface area contributed by atoms with Crippen LogP contribution in [-0.2, 0) is 4.79 Å². The fourth-order valence-corrected chi connectivity index (χ4v) is 1.43. The van der Waals surface area contributed by atoms with Gasteiger partial charge in [-0.05, 0) is 24.6 Å². The quantitative estimate of drug-likeness (QED) is 0.718. The summed E-state index contributed by atoms with van der Waals surface area (Å²) >= 11 is 0. The lowest BCUT2D eigenvalue weighted by Crippen LogP contribution is -2.21. The van der Waals surface area contributed by atoms with Crippen LogP contribution >= 0.6 is 0 Å². The molecule has 3 N–H and O–H groups in total. The predicted octanol–water partition coefficient (Wildman–Crippen LogP) is 1.24. The van der Waals surface area contributed by atoms with Crippen LogP contribution in [0.25, 0.3) is 0 Å². The summed E-state index contributed by atoms with van der Waals surface area (Å²) in [6.07, 6.45) is 0.309. The molecule has 0 bridgehead atoms. The van der Waals surface area contributed by atoms with Crippen LogP contribution < -0.4 is 10.6 Å². The molecule has 0 aromatic heterocycles. The molecule has 0 saturated carbocycles. The number of carbonyl (C=O) groups is 2. The minimum Gasteiger partial charge on any atom is -0.478 e. The molecule has 0 heterocycles. The number of nitrogens with one attached hydrogen (secondary N) is 2. The van der Waals surface area contributed by atoms with Gasteiger partial charge in [-0.2, -0.15) is 0 Å². The molecule has 17 heavy (non-hydrogen) atoms. The second kappa shape index (κ2) is 5.89. The van der Waals surface area contributed by atoms with Crippen molar-refractivity contribution in [3.05, 3.63) is 29.3 Å². The summed E-state index contributed by atoms with van der Waals surface area (Å²) in [6, 6.07) is 5.06. The molecule has 0 aliphatic rings. The molecule has 5 heteroatoms. The first kappa shape index (κ1) is 13.0. The van der Waals surface area contributed by atoms with E-state index in [1.54, 1.807) is 25.2 Å². The first-order chi connectivity index (χ1) is 8.04. The van der Waals surface area contributed by atoms with Crippen molar-refractivity contribution in [3.8, 4) is 0 Å². The molecule has 0 radical (unpaired) electrons. The highest BCUT2D eigenvalue weighted by Gasteiger charge is 2.09. The summed E-state index contributed by atoms with van der Waals surface area (Å²) < 4.78 is 0. The highest BCUT2D eigenvalue weighted by molar-refractivity contribution is 5.94. The van der Waals surface area contributed by atoms with Gasteiger partial charge in [-0.3, -0.25) is 4.79 Å². The molecule has 1 aromatic rings.